The van der Waals surface area contributed by atoms with Crippen molar-refractivity contribution in [2.24, 2.45) is 17.4 Å². The maximum Gasteiger partial charge on any atom is 0.324 e. The number of carbonyl (C=O) groups is 5. The van der Waals surface area contributed by atoms with Crippen LogP contribution in [-0.4, -0.2) is 188 Å². The summed E-state index contributed by atoms with van der Waals surface area (Å²) in [5.74, 6) is -3.01. The van der Waals surface area contributed by atoms with Gasteiger partial charge in [0.2, 0.25) is 23.6 Å². The highest BCUT2D eigenvalue weighted by Gasteiger charge is 2.43. The van der Waals surface area contributed by atoms with E-state index in [2.05, 4.69) is 21.3 Å². The van der Waals surface area contributed by atoms with Gasteiger partial charge in [-0.25, -0.2) is 0 Å². The number of rotatable bonds is 40. The first-order chi connectivity index (χ1) is 34.4. The Morgan fingerprint density at radius 1 is 0.620 bits per heavy atom. The van der Waals surface area contributed by atoms with Gasteiger partial charge in [-0.15, -0.1) is 0 Å². The van der Waals surface area contributed by atoms with E-state index in [-0.39, 0.29) is 70.2 Å². The molecule has 1 fully saturated rings. The number of carbonyl (C=O) groups excluding carboxylic acids is 4. The number of aliphatic carboxylic acids is 1. The number of amides is 4. The van der Waals surface area contributed by atoms with Gasteiger partial charge < -0.3 is 70.6 Å². The first kappa shape index (κ1) is 60.7. The Kier molecular flexibility index (Phi) is 31.1. The van der Waals surface area contributed by atoms with E-state index in [1.165, 1.54) is 0 Å². The van der Waals surface area contributed by atoms with Crippen molar-refractivity contribution < 1.29 is 62.2 Å². The lowest BCUT2D eigenvalue weighted by atomic mass is 9.87. The number of carboxylic acid groups (broad SMARTS) is 1. The van der Waals surface area contributed by atoms with E-state index in [0.29, 0.717) is 105 Å². The molecular weight excluding hydrogens is 919 g/mol. The van der Waals surface area contributed by atoms with Gasteiger partial charge in [-0.1, -0.05) is 74.5 Å². The molecule has 0 radical (unpaired) electrons. The first-order valence-corrected chi connectivity index (χ1v) is 25.1. The first-order valence-electron chi connectivity index (χ1n) is 25.1. The molecule has 3 rings (SSSR count). The molecule has 1 aliphatic heterocycles. The minimum absolute atomic E-state index is 0.0287. The highest BCUT2D eigenvalue weighted by atomic mass is 16.6. The lowest BCUT2D eigenvalue weighted by Crippen LogP contribution is -2.62. The van der Waals surface area contributed by atoms with Gasteiger partial charge in [-0.3, -0.25) is 29.3 Å². The Hall–Kier alpha value is -4.61. The predicted octanol–water partition coefficient (Wildman–Crippen LogP) is 1.21. The number of piperidine rings is 1. The van der Waals surface area contributed by atoms with Crippen molar-refractivity contribution >= 4 is 29.6 Å². The zero-order chi connectivity index (χ0) is 51.5. The topological polar surface area (TPSA) is 274 Å². The zero-order valence-electron chi connectivity index (χ0n) is 42.3. The van der Waals surface area contributed by atoms with E-state index in [9.17, 15) is 29.1 Å². The molecule has 0 aliphatic carbocycles. The molecule has 0 spiro atoms. The molecule has 4 atom stereocenters. The lowest BCUT2D eigenvalue weighted by Gasteiger charge is -2.40. The number of nitrogens with one attached hydrogen (secondary N) is 4. The summed E-state index contributed by atoms with van der Waals surface area (Å²) in [6.45, 7) is 10.4. The van der Waals surface area contributed by atoms with Crippen LogP contribution >= 0.6 is 0 Å². The Morgan fingerprint density at radius 2 is 1.07 bits per heavy atom. The average Bonchev–Trinajstić information content (AvgIpc) is 3.36. The van der Waals surface area contributed by atoms with Gasteiger partial charge in [0.25, 0.3) is 0 Å². The van der Waals surface area contributed by atoms with Gasteiger partial charge in [0.15, 0.2) is 0 Å². The lowest BCUT2D eigenvalue weighted by molar-refractivity contribution is -0.150. The maximum absolute atomic E-state index is 14.2. The van der Waals surface area contributed by atoms with Crippen molar-refractivity contribution in [3.05, 3.63) is 71.8 Å². The van der Waals surface area contributed by atoms with Crippen LogP contribution in [0.25, 0.3) is 0 Å². The highest BCUT2D eigenvalue weighted by Crippen LogP contribution is 2.24. The number of nitrogens with zero attached hydrogens (tertiary/aromatic N) is 1. The largest absolute Gasteiger partial charge is 0.480 e. The summed E-state index contributed by atoms with van der Waals surface area (Å²) in [5.41, 5.74) is 12.5. The van der Waals surface area contributed by atoms with Crippen LogP contribution in [0.4, 0.5) is 0 Å². The third kappa shape index (κ3) is 25.1. The number of methoxy groups -OCH3 is 1. The molecule has 0 bridgehead atoms. The molecule has 2 aromatic rings. The van der Waals surface area contributed by atoms with E-state index in [4.69, 9.17) is 44.6 Å². The summed E-state index contributed by atoms with van der Waals surface area (Å²) in [6.07, 6.45) is 2.42. The van der Waals surface area contributed by atoms with Crippen molar-refractivity contribution in [1.82, 2.24) is 26.2 Å². The Labute approximate surface area is 420 Å². The Bertz CT molecular complexity index is 1770. The molecule has 1 aliphatic rings. The summed E-state index contributed by atoms with van der Waals surface area (Å²) >= 11 is 0. The van der Waals surface area contributed by atoms with Crippen LogP contribution in [0.3, 0.4) is 0 Å². The molecule has 0 unspecified atom stereocenters. The smallest absolute Gasteiger partial charge is 0.324 e. The fraction of sp³-hybridized carbons (Fsp3) is 0.667. The second-order valence-electron chi connectivity index (χ2n) is 17.9. The average molecular weight is 1000 g/mol. The standard InChI is InChI=1S/C51H83N7O13/c1-39(2)36-44(57-48(61)45(38-41-14-8-5-9-15-41)56-46(59)42(53)37-40-12-6-4-7-13-40)47(60)55-43(16-10-11-19-52)49(62)58-21-17-51(18-22-58,50(63)64)54-20-23-66-26-27-68-30-31-70-34-35-71-33-32-69-29-28-67-25-24-65-3/h4-9,12-15,39,42-45,54H,10-11,16-38,52-53H2,1-3H3,(H,55,60)(H,56,59)(H,57,61)(H,63,64)/t42-,43-,44-,45-/m1/s1. The molecule has 71 heavy (non-hydrogen) atoms. The van der Waals surface area contributed by atoms with Crippen LogP contribution in [0.2, 0.25) is 0 Å². The fourth-order valence-electron chi connectivity index (χ4n) is 7.80. The number of hydrogen-bond donors (Lipinski definition) is 7. The summed E-state index contributed by atoms with van der Waals surface area (Å²) in [7, 11) is 1.63. The molecule has 1 heterocycles. The van der Waals surface area contributed by atoms with Crippen molar-refractivity contribution in [2.75, 3.05) is 119 Å². The molecule has 0 aromatic heterocycles. The molecule has 4 amide bonds. The summed E-state index contributed by atoms with van der Waals surface area (Å²) in [4.78, 5) is 70.0. The number of unbranched alkanes of at least 4 members (excludes halogenated alkanes) is 1. The van der Waals surface area contributed by atoms with Gasteiger partial charge in [0.05, 0.1) is 91.9 Å². The van der Waals surface area contributed by atoms with Crippen molar-refractivity contribution in [3.63, 3.8) is 0 Å². The SMILES string of the molecule is COCCOCCOCCOCCOCCOCCOCCNC1(C(=O)O)CCN(C(=O)[C@@H](CCCCN)NC(=O)[C@@H](CC(C)C)NC(=O)[C@@H](Cc2ccccc2)NC(=O)[C@H](N)Cc2ccccc2)CC1. The number of hydrogen-bond acceptors (Lipinski definition) is 15. The number of nitrogens with two attached hydrogens (primary N) is 2. The molecular formula is C51H83N7O13. The predicted molar refractivity (Wildman–Crippen MR) is 267 cm³/mol. The quantitative estimate of drug-likeness (QED) is 0.0463. The van der Waals surface area contributed by atoms with Crippen LogP contribution in [0.15, 0.2) is 60.7 Å². The molecule has 400 valence electrons. The summed E-state index contributed by atoms with van der Waals surface area (Å²) in [5, 5.41) is 22.1. The van der Waals surface area contributed by atoms with Crippen LogP contribution < -0.4 is 32.7 Å². The minimum Gasteiger partial charge on any atom is -0.480 e. The number of likely N-dealkylation sites (tertiary alicyclic amines) is 1. The molecule has 2 aromatic carbocycles. The second kappa shape index (κ2) is 36.3. The molecule has 9 N–H and O–H groups in total. The monoisotopic (exact) mass is 1000 g/mol. The van der Waals surface area contributed by atoms with Crippen molar-refractivity contribution in [1.29, 1.82) is 0 Å². The number of benzene rings is 2. The van der Waals surface area contributed by atoms with Crippen LogP contribution in [0.1, 0.15) is 63.5 Å². The van der Waals surface area contributed by atoms with E-state index in [1.54, 1.807) is 12.0 Å². The van der Waals surface area contributed by atoms with Crippen molar-refractivity contribution in [3.8, 4) is 0 Å². The van der Waals surface area contributed by atoms with Gasteiger partial charge in [0.1, 0.15) is 23.7 Å². The normalized spacial score (nSPS) is 15.2. The van der Waals surface area contributed by atoms with E-state index in [0.717, 1.165) is 11.1 Å². The number of carboxylic acids is 1. The molecule has 1 saturated heterocycles. The number of ether oxygens (including phenoxy) is 7. The molecule has 0 saturated carbocycles. The molecule has 20 heteroatoms. The van der Waals surface area contributed by atoms with Gasteiger partial charge in [-0.2, -0.15) is 0 Å². The fourth-order valence-corrected chi connectivity index (χ4v) is 7.80. The second-order valence-corrected chi connectivity index (χ2v) is 17.9. The van der Waals surface area contributed by atoms with Gasteiger partial charge in [0, 0.05) is 33.2 Å². The zero-order valence-corrected chi connectivity index (χ0v) is 42.3. The van der Waals surface area contributed by atoms with Gasteiger partial charge >= 0.3 is 5.97 Å². The third-order valence-corrected chi connectivity index (χ3v) is 11.8. The van der Waals surface area contributed by atoms with E-state index in [1.807, 2.05) is 74.5 Å². The highest BCUT2D eigenvalue weighted by molar-refractivity contribution is 5.95. The Balaban J connectivity index is 1.47. The van der Waals surface area contributed by atoms with Crippen LogP contribution in [0.5, 0.6) is 0 Å². The minimum atomic E-state index is -1.27. The Morgan fingerprint density at radius 3 is 1.55 bits per heavy atom. The maximum atomic E-state index is 14.2. The van der Waals surface area contributed by atoms with Gasteiger partial charge in [-0.05, 0) is 68.5 Å². The molecule has 20 nitrogen and oxygen atoms in total. The summed E-state index contributed by atoms with van der Waals surface area (Å²) < 4.78 is 37.9. The van der Waals surface area contributed by atoms with Crippen LogP contribution in [0, 0.1) is 5.92 Å². The van der Waals surface area contributed by atoms with E-state index >= 15 is 0 Å². The van der Waals surface area contributed by atoms with E-state index < -0.39 is 53.4 Å². The van der Waals surface area contributed by atoms with Crippen molar-refractivity contribution in [2.45, 2.75) is 94.9 Å². The van der Waals surface area contributed by atoms with Crippen LogP contribution in [-0.2, 0) is 70.0 Å². The third-order valence-electron chi connectivity index (χ3n) is 11.8. The summed E-state index contributed by atoms with van der Waals surface area (Å²) in [6, 6.07) is 14.6.